The minimum absolute atomic E-state index is 0.189. The van der Waals surface area contributed by atoms with Gasteiger partial charge in [-0.25, -0.2) is 4.79 Å². The van der Waals surface area contributed by atoms with Gasteiger partial charge in [0.2, 0.25) is 5.76 Å². The molecule has 2 aromatic rings. The van der Waals surface area contributed by atoms with Gasteiger partial charge in [-0.3, -0.25) is 0 Å². The lowest BCUT2D eigenvalue weighted by Gasteiger charge is -2.15. The van der Waals surface area contributed by atoms with Crippen molar-refractivity contribution in [1.29, 1.82) is 0 Å². The van der Waals surface area contributed by atoms with E-state index in [0.717, 1.165) is 11.1 Å². The van der Waals surface area contributed by atoms with E-state index in [2.05, 4.69) is 5.16 Å². The fourth-order valence-corrected chi connectivity index (χ4v) is 1.86. The first-order chi connectivity index (χ1) is 9.65. The predicted molar refractivity (Wildman–Crippen MR) is 70.5 cm³/mol. The van der Waals surface area contributed by atoms with E-state index in [9.17, 15) is 4.79 Å². The van der Waals surface area contributed by atoms with Gasteiger partial charge in [0.15, 0.2) is 0 Å². The highest BCUT2D eigenvalue weighted by atomic mass is 16.5. The average molecular weight is 277 g/mol. The number of carbonyl (C=O) groups is 1. The summed E-state index contributed by atoms with van der Waals surface area (Å²) in [6, 6.07) is 8.85. The third-order valence-corrected chi connectivity index (χ3v) is 2.88. The predicted octanol–water partition coefficient (Wildman–Crippen LogP) is 2.37. The van der Waals surface area contributed by atoms with E-state index in [0.29, 0.717) is 12.3 Å². The smallest absolute Gasteiger partial charge is 0.374 e. The molecule has 0 spiro atoms. The van der Waals surface area contributed by atoms with E-state index >= 15 is 0 Å². The van der Waals surface area contributed by atoms with Crippen LogP contribution in [0.4, 0.5) is 0 Å². The normalized spacial score (nSPS) is 12.3. The van der Waals surface area contributed by atoms with Crippen molar-refractivity contribution in [3.8, 4) is 11.3 Å². The van der Waals surface area contributed by atoms with Gasteiger partial charge in [-0.1, -0.05) is 23.4 Å². The number of hydrogen-bond donors (Lipinski definition) is 1. The van der Waals surface area contributed by atoms with Crippen LogP contribution in [-0.4, -0.2) is 37.1 Å². The van der Waals surface area contributed by atoms with E-state index in [1.807, 2.05) is 24.3 Å². The summed E-state index contributed by atoms with van der Waals surface area (Å²) in [6.45, 7) is 0.430. The molecule has 6 nitrogen and oxygen atoms in total. The molecule has 1 aromatic carbocycles. The Morgan fingerprint density at radius 2 is 2.20 bits per heavy atom. The van der Waals surface area contributed by atoms with Crippen molar-refractivity contribution in [3.63, 3.8) is 0 Å². The Labute approximate surface area is 115 Å². The average Bonchev–Trinajstić information content (AvgIpc) is 2.95. The second kappa shape index (κ2) is 6.31. The second-order valence-corrected chi connectivity index (χ2v) is 4.19. The first kappa shape index (κ1) is 14.2. The standard InChI is InChI=1S/C14H15NO5/c1-18-8-13(19-2)10-5-3-4-9(6-10)11-7-12(14(16)17)20-15-11/h3-7,13H,8H2,1-2H3,(H,16,17). The summed E-state index contributed by atoms with van der Waals surface area (Å²) < 4.78 is 15.2. The molecule has 0 bridgehead atoms. The molecule has 106 valence electrons. The van der Waals surface area contributed by atoms with Crippen LogP contribution in [-0.2, 0) is 9.47 Å². The number of methoxy groups -OCH3 is 2. The summed E-state index contributed by atoms with van der Waals surface area (Å²) in [5.41, 5.74) is 2.15. The molecular formula is C14H15NO5. The monoisotopic (exact) mass is 277 g/mol. The zero-order chi connectivity index (χ0) is 14.5. The Balaban J connectivity index is 2.30. The third-order valence-electron chi connectivity index (χ3n) is 2.88. The van der Waals surface area contributed by atoms with Crippen molar-refractivity contribution in [3.05, 3.63) is 41.7 Å². The Kier molecular flexibility index (Phi) is 4.49. The molecule has 1 N–H and O–H groups in total. The number of carboxylic acids is 1. The van der Waals surface area contributed by atoms with Crippen LogP contribution in [0, 0.1) is 0 Å². The lowest BCUT2D eigenvalue weighted by Crippen LogP contribution is -2.08. The number of hydrogen-bond acceptors (Lipinski definition) is 5. The highest BCUT2D eigenvalue weighted by molar-refractivity contribution is 5.85. The van der Waals surface area contributed by atoms with E-state index in [1.165, 1.54) is 6.07 Å². The maximum Gasteiger partial charge on any atom is 0.374 e. The third kappa shape index (κ3) is 3.04. The Hall–Kier alpha value is -2.18. The highest BCUT2D eigenvalue weighted by Crippen LogP contribution is 2.24. The molecular weight excluding hydrogens is 262 g/mol. The molecule has 1 unspecified atom stereocenters. The van der Waals surface area contributed by atoms with E-state index in [4.69, 9.17) is 19.1 Å². The molecule has 0 fully saturated rings. The maximum atomic E-state index is 10.8. The van der Waals surface area contributed by atoms with Gasteiger partial charge in [0.05, 0.1) is 6.61 Å². The second-order valence-electron chi connectivity index (χ2n) is 4.19. The van der Waals surface area contributed by atoms with Crippen LogP contribution < -0.4 is 0 Å². The molecule has 0 aliphatic heterocycles. The van der Waals surface area contributed by atoms with Gasteiger partial charge in [-0.15, -0.1) is 0 Å². The molecule has 0 aliphatic rings. The fraction of sp³-hybridized carbons (Fsp3) is 0.286. The molecule has 0 saturated heterocycles. The molecule has 0 amide bonds. The first-order valence-corrected chi connectivity index (χ1v) is 5.97. The summed E-state index contributed by atoms with van der Waals surface area (Å²) in [6.07, 6.45) is -0.189. The maximum absolute atomic E-state index is 10.8. The van der Waals surface area contributed by atoms with Crippen LogP contribution in [0.3, 0.4) is 0 Å². The van der Waals surface area contributed by atoms with Gasteiger partial charge in [-0.2, -0.15) is 0 Å². The van der Waals surface area contributed by atoms with E-state index in [-0.39, 0.29) is 11.9 Å². The number of aromatic nitrogens is 1. The molecule has 6 heteroatoms. The number of rotatable bonds is 6. The summed E-state index contributed by atoms with van der Waals surface area (Å²) >= 11 is 0. The van der Waals surface area contributed by atoms with Gasteiger partial charge in [0.1, 0.15) is 11.8 Å². The number of ether oxygens (including phenoxy) is 2. The van der Waals surface area contributed by atoms with Crippen molar-refractivity contribution in [2.75, 3.05) is 20.8 Å². The molecule has 20 heavy (non-hydrogen) atoms. The van der Waals surface area contributed by atoms with Gasteiger partial charge >= 0.3 is 5.97 Å². The van der Waals surface area contributed by atoms with Crippen molar-refractivity contribution in [2.24, 2.45) is 0 Å². The summed E-state index contributed by atoms with van der Waals surface area (Å²) in [5.74, 6) is -1.33. The summed E-state index contributed by atoms with van der Waals surface area (Å²) in [5, 5.41) is 12.6. The minimum Gasteiger partial charge on any atom is -0.475 e. The van der Waals surface area contributed by atoms with Crippen molar-refractivity contribution in [2.45, 2.75) is 6.10 Å². The fourth-order valence-electron chi connectivity index (χ4n) is 1.86. The Bertz CT molecular complexity index is 593. The number of benzene rings is 1. The van der Waals surface area contributed by atoms with Crippen LogP contribution in [0.1, 0.15) is 22.2 Å². The molecule has 0 aliphatic carbocycles. The van der Waals surface area contributed by atoms with Gasteiger partial charge in [0.25, 0.3) is 0 Å². The number of carboxylic acid groups (broad SMARTS) is 1. The van der Waals surface area contributed by atoms with Crippen molar-refractivity contribution < 1.29 is 23.9 Å². The highest BCUT2D eigenvalue weighted by Gasteiger charge is 2.15. The topological polar surface area (TPSA) is 81.8 Å². The van der Waals surface area contributed by atoms with Crippen LogP contribution in [0.5, 0.6) is 0 Å². The molecule has 1 atom stereocenters. The molecule has 1 aromatic heterocycles. The molecule has 0 saturated carbocycles. The molecule has 0 radical (unpaired) electrons. The molecule has 1 heterocycles. The SMILES string of the molecule is COCC(OC)c1cccc(-c2cc(C(=O)O)on2)c1. The zero-order valence-electron chi connectivity index (χ0n) is 11.2. The Morgan fingerprint density at radius 3 is 2.80 bits per heavy atom. The van der Waals surface area contributed by atoms with Gasteiger partial charge in [0, 0.05) is 25.8 Å². The summed E-state index contributed by atoms with van der Waals surface area (Å²) in [7, 11) is 3.21. The van der Waals surface area contributed by atoms with Crippen molar-refractivity contribution >= 4 is 5.97 Å². The lowest BCUT2D eigenvalue weighted by atomic mass is 10.0. The Morgan fingerprint density at radius 1 is 1.40 bits per heavy atom. The number of aromatic carboxylic acids is 1. The molecule has 2 rings (SSSR count). The van der Waals surface area contributed by atoms with E-state index in [1.54, 1.807) is 14.2 Å². The van der Waals surface area contributed by atoms with Gasteiger partial charge < -0.3 is 19.1 Å². The first-order valence-electron chi connectivity index (χ1n) is 5.97. The number of nitrogens with zero attached hydrogens (tertiary/aromatic N) is 1. The lowest BCUT2D eigenvalue weighted by molar-refractivity contribution is 0.0275. The van der Waals surface area contributed by atoms with Crippen LogP contribution >= 0.6 is 0 Å². The zero-order valence-corrected chi connectivity index (χ0v) is 11.2. The van der Waals surface area contributed by atoms with Crippen LogP contribution in [0.25, 0.3) is 11.3 Å². The minimum atomic E-state index is -1.14. The summed E-state index contributed by atoms with van der Waals surface area (Å²) in [4.78, 5) is 10.8. The van der Waals surface area contributed by atoms with Crippen molar-refractivity contribution in [1.82, 2.24) is 5.16 Å². The largest absolute Gasteiger partial charge is 0.475 e. The van der Waals surface area contributed by atoms with Crippen LogP contribution in [0.15, 0.2) is 34.9 Å². The quantitative estimate of drug-likeness (QED) is 0.873. The van der Waals surface area contributed by atoms with Gasteiger partial charge in [-0.05, 0) is 11.6 Å². The van der Waals surface area contributed by atoms with E-state index < -0.39 is 5.97 Å². The van der Waals surface area contributed by atoms with Crippen LogP contribution in [0.2, 0.25) is 0 Å².